The maximum Gasteiger partial charge on any atom is 0.302 e. The van der Waals surface area contributed by atoms with Crippen LogP contribution >= 0.6 is 0 Å². The van der Waals surface area contributed by atoms with Crippen LogP contribution in [0.15, 0.2) is 40.3 Å². The molecule has 2 aliphatic rings. The number of likely N-dealkylation sites (tertiary alicyclic amines) is 1. The molecule has 10 heteroatoms. The van der Waals surface area contributed by atoms with Gasteiger partial charge in [-0.15, -0.1) is 0 Å². The van der Waals surface area contributed by atoms with Crippen molar-refractivity contribution in [1.82, 2.24) is 19.9 Å². The van der Waals surface area contributed by atoms with Crippen LogP contribution in [0, 0.1) is 17.2 Å². The molecule has 0 aliphatic carbocycles. The number of nitrogens with zero attached hydrogens (tertiary/aromatic N) is 6. The van der Waals surface area contributed by atoms with Crippen LogP contribution in [0.5, 0.6) is 6.01 Å². The average Bonchev–Trinajstić information content (AvgIpc) is 3.15. The van der Waals surface area contributed by atoms with Crippen molar-refractivity contribution in [3.63, 3.8) is 0 Å². The SMILES string of the molecule is N#CCC(=O)N1CCCC(C=[N+]2C=C(Oc3nc4cnccc4c(=O)[nH]3)C=N2)C1. The fourth-order valence-electron chi connectivity index (χ4n) is 3.34. The number of H-pyrrole nitrogens is 1. The first-order chi connectivity index (χ1) is 14.1. The molecule has 1 atom stereocenters. The Kier molecular flexibility index (Phi) is 5.11. The van der Waals surface area contributed by atoms with Gasteiger partial charge in [-0.1, -0.05) is 4.68 Å². The topological polar surface area (TPSA) is 127 Å². The van der Waals surface area contributed by atoms with Crippen LogP contribution < -0.4 is 10.3 Å². The van der Waals surface area contributed by atoms with E-state index in [2.05, 4.69) is 20.1 Å². The largest absolute Gasteiger partial charge is 0.417 e. The van der Waals surface area contributed by atoms with E-state index in [0.717, 1.165) is 12.8 Å². The molecule has 0 aromatic carbocycles. The molecule has 0 bridgehead atoms. The van der Waals surface area contributed by atoms with Gasteiger partial charge in [0.15, 0.2) is 6.21 Å². The third-order valence-corrected chi connectivity index (χ3v) is 4.68. The van der Waals surface area contributed by atoms with Gasteiger partial charge in [-0.05, 0) is 18.9 Å². The zero-order valence-corrected chi connectivity index (χ0v) is 15.5. The first-order valence-electron chi connectivity index (χ1n) is 9.18. The van der Waals surface area contributed by atoms with Crippen LogP contribution in [0.25, 0.3) is 10.9 Å². The highest BCUT2D eigenvalue weighted by molar-refractivity contribution is 5.79. The number of nitriles is 1. The lowest BCUT2D eigenvalue weighted by Gasteiger charge is -2.29. The van der Waals surface area contributed by atoms with E-state index >= 15 is 0 Å². The van der Waals surface area contributed by atoms with Gasteiger partial charge in [0.25, 0.3) is 5.56 Å². The third kappa shape index (κ3) is 4.19. The maximum atomic E-state index is 12.1. The molecular weight excluding hydrogens is 374 g/mol. The quantitative estimate of drug-likeness (QED) is 0.766. The Bertz CT molecular complexity index is 1140. The van der Waals surface area contributed by atoms with Crippen molar-refractivity contribution in [2.24, 2.45) is 11.0 Å². The molecule has 1 saturated heterocycles. The van der Waals surface area contributed by atoms with Crippen LogP contribution in [0.3, 0.4) is 0 Å². The molecule has 0 saturated carbocycles. The van der Waals surface area contributed by atoms with Crippen molar-refractivity contribution in [3.8, 4) is 12.1 Å². The van der Waals surface area contributed by atoms with E-state index in [-0.39, 0.29) is 29.8 Å². The summed E-state index contributed by atoms with van der Waals surface area (Å²) in [6.07, 6.45) is 9.84. The van der Waals surface area contributed by atoms with Gasteiger partial charge in [-0.3, -0.25) is 19.6 Å². The summed E-state index contributed by atoms with van der Waals surface area (Å²) in [6.45, 7) is 1.23. The molecule has 1 unspecified atom stereocenters. The number of amides is 1. The maximum absolute atomic E-state index is 12.1. The molecule has 0 radical (unpaired) electrons. The Morgan fingerprint density at radius 2 is 2.41 bits per heavy atom. The molecule has 2 aromatic rings. The van der Waals surface area contributed by atoms with Gasteiger partial charge < -0.3 is 9.64 Å². The lowest BCUT2D eigenvalue weighted by molar-refractivity contribution is -0.456. The molecule has 1 N–H and O–H groups in total. The van der Waals surface area contributed by atoms with Gasteiger partial charge in [-0.2, -0.15) is 10.2 Å². The summed E-state index contributed by atoms with van der Waals surface area (Å²) in [4.78, 5) is 36.5. The van der Waals surface area contributed by atoms with Gasteiger partial charge in [0.05, 0.1) is 29.1 Å². The van der Waals surface area contributed by atoms with Gasteiger partial charge in [-0.25, -0.2) is 0 Å². The van der Waals surface area contributed by atoms with E-state index in [1.54, 1.807) is 21.9 Å². The number of fused-ring (bicyclic) bond motifs is 1. The fourth-order valence-corrected chi connectivity index (χ4v) is 3.34. The van der Waals surface area contributed by atoms with Crippen molar-refractivity contribution >= 4 is 29.2 Å². The molecule has 10 nitrogen and oxygen atoms in total. The molecule has 0 spiro atoms. The molecule has 146 valence electrons. The minimum absolute atomic E-state index is 0.0565. The number of nitrogens with one attached hydrogen (secondary N) is 1. The highest BCUT2D eigenvalue weighted by Gasteiger charge is 2.26. The predicted molar refractivity (Wildman–Crippen MR) is 103 cm³/mol. The Balaban J connectivity index is 1.46. The van der Waals surface area contributed by atoms with E-state index in [1.807, 2.05) is 12.3 Å². The van der Waals surface area contributed by atoms with Gasteiger partial charge in [0.2, 0.25) is 17.9 Å². The highest BCUT2D eigenvalue weighted by Crippen LogP contribution is 2.17. The van der Waals surface area contributed by atoms with Crippen molar-refractivity contribution in [2.75, 3.05) is 13.1 Å². The number of rotatable bonds is 4. The highest BCUT2D eigenvalue weighted by atomic mass is 16.5. The summed E-state index contributed by atoms with van der Waals surface area (Å²) in [5.41, 5.74) is 0.130. The van der Waals surface area contributed by atoms with E-state index in [9.17, 15) is 9.59 Å². The lowest BCUT2D eigenvalue weighted by Crippen LogP contribution is -2.40. The summed E-state index contributed by atoms with van der Waals surface area (Å²) in [5, 5.41) is 13.4. The molecular formula is C19H18N7O3+. The summed E-state index contributed by atoms with van der Waals surface area (Å²) < 4.78 is 7.25. The molecule has 2 aromatic heterocycles. The number of hydrazone groups is 1. The van der Waals surface area contributed by atoms with Crippen molar-refractivity contribution in [2.45, 2.75) is 19.3 Å². The number of carbonyl (C=O) groups excluding carboxylic acids is 1. The monoisotopic (exact) mass is 392 g/mol. The van der Waals surface area contributed by atoms with Crippen LogP contribution in [-0.2, 0) is 4.79 Å². The molecule has 2 aliphatic heterocycles. The number of pyridine rings is 1. The fraction of sp³-hybridized carbons (Fsp3) is 0.316. The average molecular weight is 392 g/mol. The minimum Gasteiger partial charge on any atom is -0.417 e. The number of hydrogen-bond acceptors (Lipinski definition) is 7. The number of ether oxygens (including phenoxy) is 1. The molecule has 29 heavy (non-hydrogen) atoms. The number of aromatic amines is 1. The second-order valence-electron chi connectivity index (χ2n) is 6.75. The molecule has 1 fully saturated rings. The Labute approximate surface area is 165 Å². The van der Waals surface area contributed by atoms with Gasteiger partial charge >= 0.3 is 6.01 Å². The van der Waals surface area contributed by atoms with Crippen molar-refractivity contribution in [3.05, 3.63) is 40.8 Å². The molecule has 1 amide bonds. The van der Waals surface area contributed by atoms with E-state index in [0.29, 0.717) is 29.8 Å². The van der Waals surface area contributed by atoms with Crippen molar-refractivity contribution < 1.29 is 14.2 Å². The zero-order valence-electron chi connectivity index (χ0n) is 15.5. The predicted octanol–water partition coefficient (Wildman–Crippen LogP) is 0.773. The van der Waals surface area contributed by atoms with E-state index in [4.69, 9.17) is 10.00 Å². The standard InChI is InChI=1S/C19H17N7O3/c20-5-3-17(27)25-7-1-2-13(10-25)11-26-12-14(8-22-26)29-19-23-16-9-21-6-4-15(16)18(28)24-19/h4,6,8-9,11-13H,1-3,7,10H2/p+1. The summed E-state index contributed by atoms with van der Waals surface area (Å²) in [7, 11) is 0. The normalized spacial score (nSPS) is 20.0. The number of piperidine rings is 1. The Morgan fingerprint density at radius 1 is 1.52 bits per heavy atom. The van der Waals surface area contributed by atoms with Crippen LogP contribution in [0.2, 0.25) is 0 Å². The second-order valence-corrected chi connectivity index (χ2v) is 6.75. The van der Waals surface area contributed by atoms with Gasteiger partial charge in [0, 0.05) is 24.4 Å². The number of allylic oxidation sites excluding steroid dienone is 1. The van der Waals surface area contributed by atoms with Crippen molar-refractivity contribution in [1.29, 1.82) is 5.26 Å². The Morgan fingerprint density at radius 3 is 3.28 bits per heavy atom. The van der Waals surface area contributed by atoms with Gasteiger partial charge in [0.1, 0.15) is 12.6 Å². The summed E-state index contributed by atoms with van der Waals surface area (Å²) >= 11 is 0. The summed E-state index contributed by atoms with van der Waals surface area (Å²) in [5.74, 6) is 0.403. The molecule has 4 heterocycles. The second kappa shape index (κ2) is 8.02. The smallest absolute Gasteiger partial charge is 0.302 e. The number of hydrogen-bond donors (Lipinski definition) is 1. The summed E-state index contributed by atoms with van der Waals surface area (Å²) in [6, 6.07) is 3.55. The number of carbonyl (C=O) groups is 1. The van der Waals surface area contributed by atoms with Crippen LogP contribution in [-0.4, -0.2) is 56.0 Å². The molecule has 4 rings (SSSR count). The van der Waals surface area contributed by atoms with E-state index < -0.39 is 0 Å². The zero-order chi connectivity index (χ0) is 20.2. The third-order valence-electron chi connectivity index (χ3n) is 4.68. The lowest BCUT2D eigenvalue weighted by atomic mass is 9.99. The van der Waals surface area contributed by atoms with E-state index in [1.165, 1.54) is 18.6 Å². The van der Waals surface area contributed by atoms with Crippen LogP contribution in [0.4, 0.5) is 0 Å². The number of aromatic nitrogens is 3. The first-order valence-corrected chi connectivity index (χ1v) is 9.18. The minimum atomic E-state index is -0.310. The first kappa shape index (κ1) is 18.5. The Hall–Kier alpha value is -3.87. The van der Waals surface area contributed by atoms with Crippen LogP contribution in [0.1, 0.15) is 19.3 Å².